The van der Waals surface area contributed by atoms with Gasteiger partial charge < -0.3 is 5.32 Å². The molecule has 1 saturated heterocycles. The van der Waals surface area contributed by atoms with Gasteiger partial charge in [0.05, 0.1) is 11.7 Å². The van der Waals surface area contributed by atoms with Crippen molar-refractivity contribution in [1.29, 1.82) is 0 Å². The minimum Gasteiger partial charge on any atom is -0.322 e. The van der Waals surface area contributed by atoms with E-state index in [-0.39, 0.29) is 17.6 Å². The van der Waals surface area contributed by atoms with Gasteiger partial charge in [0.1, 0.15) is 11.6 Å². The van der Waals surface area contributed by atoms with E-state index in [4.69, 9.17) is 0 Å². The van der Waals surface area contributed by atoms with E-state index >= 15 is 0 Å². The molecule has 1 amide bonds. The first kappa shape index (κ1) is 13.9. The number of anilines is 1. The quantitative estimate of drug-likeness (QED) is 0.914. The fourth-order valence-electron chi connectivity index (χ4n) is 2.30. The summed E-state index contributed by atoms with van der Waals surface area (Å²) in [5.74, 6) is -1.66. The molecule has 1 aliphatic heterocycles. The van der Waals surface area contributed by atoms with E-state index in [9.17, 15) is 13.6 Å². The number of carbonyl (C=O) groups excluding carboxylic acids is 1. The lowest BCUT2D eigenvalue weighted by Crippen LogP contribution is -2.44. The first-order valence-corrected chi connectivity index (χ1v) is 6.58. The summed E-state index contributed by atoms with van der Waals surface area (Å²) in [7, 11) is 0. The van der Waals surface area contributed by atoms with Gasteiger partial charge >= 0.3 is 0 Å². The number of amides is 1. The van der Waals surface area contributed by atoms with Crippen LogP contribution < -0.4 is 5.32 Å². The van der Waals surface area contributed by atoms with Gasteiger partial charge in [0.25, 0.3) is 0 Å². The molecule has 0 bridgehead atoms. The van der Waals surface area contributed by atoms with Gasteiger partial charge in [-0.15, -0.1) is 0 Å². The molecular formula is C14H18F2N2O. The maximum Gasteiger partial charge on any atom is 0.241 e. The van der Waals surface area contributed by atoms with Crippen molar-refractivity contribution in [2.45, 2.75) is 32.2 Å². The Balaban J connectivity index is 1.99. The monoisotopic (exact) mass is 268 g/mol. The van der Waals surface area contributed by atoms with Crippen LogP contribution in [-0.2, 0) is 4.79 Å². The number of likely N-dealkylation sites (tertiary alicyclic amines) is 1. The standard InChI is InChI=1S/C14H18F2N2O/c1-10(18-7-3-2-4-8-18)14(19)17-13-6-5-11(15)9-12(13)16/h5-6,9-10H,2-4,7-8H2,1H3,(H,17,19)/t10-/m0/s1. The summed E-state index contributed by atoms with van der Waals surface area (Å²) in [6.45, 7) is 3.59. The predicted octanol–water partition coefficient (Wildman–Crippen LogP) is 2.78. The molecule has 5 heteroatoms. The van der Waals surface area contributed by atoms with E-state index in [1.54, 1.807) is 0 Å². The number of piperidine rings is 1. The smallest absolute Gasteiger partial charge is 0.241 e. The van der Waals surface area contributed by atoms with Gasteiger partial charge in [-0.2, -0.15) is 0 Å². The Hall–Kier alpha value is -1.49. The van der Waals surface area contributed by atoms with E-state index in [1.165, 1.54) is 12.5 Å². The molecule has 0 aromatic heterocycles. The Morgan fingerprint density at radius 3 is 2.58 bits per heavy atom. The lowest BCUT2D eigenvalue weighted by atomic mass is 10.1. The normalized spacial score (nSPS) is 18.1. The van der Waals surface area contributed by atoms with Crippen LogP contribution in [0.2, 0.25) is 0 Å². The number of carbonyl (C=O) groups is 1. The average molecular weight is 268 g/mol. The molecule has 0 saturated carbocycles. The molecule has 1 aromatic rings. The number of hydrogen-bond acceptors (Lipinski definition) is 2. The third-order valence-electron chi connectivity index (χ3n) is 3.51. The first-order chi connectivity index (χ1) is 9.08. The van der Waals surface area contributed by atoms with E-state index in [1.807, 2.05) is 6.92 Å². The Kier molecular flexibility index (Phi) is 4.47. The molecule has 0 unspecified atom stereocenters. The number of rotatable bonds is 3. The molecule has 0 spiro atoms. The second kappa shape index (κ2) is 6.10. The van der Waals surface area contributed by atoms with E-state index in [2.05, 4.69) is 10.2 Å². The Morgan fingerprint density at radius 2 is 1.95 bits per heavy atom. The zero-order chi connectivity index (χ0) is 13.8. The number of nitrogens with zero attached hydrogens (tertiary/aromatic N) is 1. The van der Waals surface area contributed by atoms with Crippen LogP contribution in [0, 0.1) is 11.6 Å². The highest BCUT2D eigenvalue weighted by Gasteiger charge is 2.23. The highest BCUT2D eigenvalue weighted by Crippen LogP contribution is 2.17. The molecule has 1 atom stereocenters. The van der Waals surface area contributed by atoms with Crippen LogP contribution in [0.15, 0.2) is 18.2 Å². The van der Waals surface area contributed by atoms with Crippen LogP contribution in [0.1, 0.15) is 26.2 Å². The van der Waals surface area contributed by atoms with Crippen molar-refractivity contribution in [3.05, 3.63) is 29.8 Å². The van der Waals surface area contributed by atoms with Crippen molar-refractivity contribution < 1.29 is 13.6 Å². The Labute approximate surface area is 111 Å². The zero-order valence-electron chi connectivity index (χ0n) is 11.0. The second-order valence-corrected chi connectivity index (χ2v) is 4.89. The molecule has 1 heterocycles. The van der Waals surface area contributed by atoms with Gasteiger partial charge in [0.2, 0.25) is 5.91 Å². The molecule has 104 valence electrons. The molecule has 1 N–H and O–H groups in total. The second-order valence-electron chi connectivity index (χ2n) is 4.89. The molecule has 3 nitrogen and oxygen atoms in total. The largest absolute Gasteiger partial charge is 0.322 e. The van der Waals surface area contributed by atoms with Gasteiger partial charge in [-0.1, -0.05) is 6.42 Å². The SMILES string of the molecule is C[C@@H](C(=O)Nc1ccc(F)cc1F)N1CCCCC1. The van der Waals surface area contributed by atoms with E-state index in [0.717, 1.165) is 38.1 Å². The lowest BCUT2D eigenvalue weighted by molar-refractivity contribution is -0.121. The summed E-state index contributed by atoms with van der Waals surface area (Å²) < 4.78 is 26.2. The third-order valence-corrected chi connectivity index (χ3v) is 3.51. The highest BCUT2D eigenvalue weighted by molar-refractivity contribution is 5.94. The fraction of sp³-hybridized carbons (Fsp3) is 0.500. The zero-order valence-corrected chi connectivity index (χ0v) is 11.0. The van der Waals surface area contributed by atoms with Gasteiger partial charge in [-0.05, 0) is 45.0 Å². The summed E-state index contributed by atoms with van der Waals surface area (Å²) in [6.07, 6.45) is 3.36. The van der Waals surface area contributed by atoms with Crippen molar-refractivity contribution in [1.82, 2.24) is 4.90 Å². The maximum atomic E-state index is 13.4. The van der Waals surface area contributed by atoms with Gasteiger partial charge in [0, 0.05) is 6.07 Å². The van der Waals surface area contributed by atoms with Crippen molar-refractivity contribution in [2.24, 2.45) is 0 Å². The van der Waals surface area contributed by atoms with Crippen LogP contribution in [0.25, 0.3) is 0 Å². The fourth-order valence-corrected chi connectivity index (χ4v) is 2.30. The van der Waals surface area contributed by atoms with Crippen LogP contribution >= 0.6 is 0 Å². The maximum absolute atomic E-state index is 13.4. The van der Waals surface area contributed by atoms with Gasteiger partial charge in [-0.25, -0.2) is 8.78 Å². The van der Waals surface area contributed by atoms with Crippen molar-refractivity contribution in [2.75, 3.05) is 18.4 Å². The molecule has 1 aliphatic rings. The van der Waals surface area contributed by atoms with E-state index in [0.29, 0.717) is 0 Å². The molecule has 1 aromatic carbocycles. The summed E-state index contributed by atoms with van der Waals surface area (Å²) >= 11 is 0. The van der Waals surface area contributed by atoms with E-state index < -0.39 is 11.6 Å². The minimum absolute atomic E-state index is 0.0234. The minimum atomic E-state index is -0.751. The van der Waals surface area contributed by atoms with Crippen LogP contribution in [0.3, 0.4) is 0 Å². The summed E-state index contributed by atoms with van der Waals surface area (Å²) in [5.41, 5.74) is 0.0234. The first-order valence-electron chi connectivity index (χ1n) is 6.58. The number of hydrogen-bond donors (Lipinski definition) is 1. The van der Waals surface area contributed by atoms with Crippen LogP contribution in [-0.4, -0.2) is 29.9 Å². The van der Waals surface area contributed by atoms with Gasteiger partial charge in [0.15, 0.2) is 0 Å². The molecule has 0 aliphatic carbocycles. The topological polar surface area (TPSA) is 32.3 Å². The summed E-state index contributed by atoms with van der Waals surface area (Å²) in [4.78, 5) is 14.1. The summed E-state index contributed by atoms with van der Waals surface area (Å²) in [5, 5.41) is 2.51. The Morgan fingerprint density at radius 1 is 1.26 bits per heavy atom. The molecule has 19 heavy (non-hydrogen) atoms. The van der Waals surface area contributed by atoms with Crippen LogP contribution in [0.4, 0.5) is 14.5 Å². The number of benzene rings is 1. The third kappa shape index (κ3) is 3.50. The lowest BCUT2D eigenvalue weighted by Gasteiger charge is -2.31. The van der Waals surface area contributed by atoms with Crippen molar-refractivity contribution in [3.63, 3.8) is 0 Å². The summed E-state index contributed by atoms with van der Waals surface area (Å²) in [6, 6.07) is 2.83. The molecule has 0 radical (unpaired) electrons. The molecular weight excluding hydrogens is 250 g/mol. The van der Waals surface area contributed by atoms with Crippen LogP contribution in [0.5, 0.6) is 0 Å². The predicted molar refractivity (Wildman–Crippen MR) is 69.9 cm³/mol. The van der Waals surface area contributed by atoms with Gasteiger partial charge in [-0.3, -0.25) is 9.69 Å². The average Bonchev–Trinajstić information content (AvgIpc) is 2.42. The molecule has 1 fully saturated rings. The number of nitrogens with one attached hydrogen (secondary N) is 1. The molecule has 2 rings (SSSR count). The highest BCUT2D eigenvalue weighted by atomic mass is 19.1. The number of halogens is 2. The Bertz CT molecular complexity index is 459. The van der Waals surface area contributed by atoms with Crippen molar-refractivity contribution >= 4 is 11.6 Å². The van der Waals surface area contributed by atoms with Crippen molar-refractivity contribution in [3.8, 4) is 0 Å².